The third-order valence-corrected chi connectivity index (χ3v) is 3.63. The molecule has 0 saturated heterocycles. The van der Waals surface area contributed by atoms with Crippen LogP contribution in [0.15, 0.2) is 42.7 Å². The number of hydrogen-bond acceptors (Lipinski definition) is 4. The van der Waals surface area contributed by atoms with Gasteiger partial charge in [0.25, 0.3) is 0 Å². The van der Waals surface area contributed by atoms with E-state index >= 15 is 0 Å². The van der Waals surface area contributed by atoms with E-state index in [1.807, 2.05) is 6.07 Å². The van der Waals surface area contributed by atoms with Gasteiger partial charge < -0.3 is 10.4 Å². The van der Waals surface area contributed by atoms with Crippen molar-refractivity contribution in [2.75, 3.05) is 6.54 Å². The van der Waals surface area contributed by atoms with E-state index in [4.69, 9.17) is 0 Å². The third kappa shape index (κ3) is 4.75. The molecule has 23 heavy (non-hydrogen) atoms. The molecule has 1 atom stereocenters. The standard InChI is InChI=1S/C17H21N3O3/c1-17(23,14-10-19-20(2)11-14)12-18-16(22)9-8-15(21)13-6-4-3-5-7-13/h3-7,10-11,23H,8-9,12H2,1-2H3,(H,18,22). The van der Waals surface area contributed by atoms with E-state index in [-0.39, 0.29) is 31.1 Å². The summed E-state index contributed by atoms with van der Waals surface area (Å²) < 4.78 is 1.59. The van der Waals surface area contributed by atoms with Crippen molar-refractivity contribution in [1.29, 1.82) is 0 Å². The average Bonchev–Trinajstić information content (AvgIpc) is 2.99. The molecule has 0 aliphatic rings. The number of carbonyl (C=O) groups is 2. The topological polar surface area (TPSA) is 84.2 Å². The molecule has 1 aromatic carbocycles. The first-order valence-corrected chi connectivity index (χ1v) is 7.45. The van der Waals surface area contributed by atoms with Gasteiger partial charge in [-0.1, -0.05) is 30.3 Å². The zero-order valence-corrected chi connectivity index (χ0v) is 13.3. The van der Waals surface area contributed by atoms with E-state index in [1.54, 1.807) is 55.3 Å². The zero-order chi connectivity index (χ0) is 16.9. The van der Waals surface area contributed by atoms with Crippen molar-refractivity contribution in [2.45, 2.75) is 25.4 Å². The maximum Gasteiger partial charge on any atom is 0.220 e. The van der Waals surface area contributed by atoms with Gasteiger partial charge in [-0.15, -0.1) is 0 Å². The Hall–Kier alpha value is -2.47. The fourth-order valence-electron chi connectivity index (χ4n) is 2.16. The Balaban J connectivity index is 1.80. The zero-order valence-electron chi connectivity index (χ0n) is 13.3. The van der Waals surface area contributed by atoms with Crippen LogP contribution in [-0.2, 0) is 17.4 Å². The Bertz CT molecular complexity index is 677. The number of aromatic nitrogens is 2. The number of amides is 1. The van der Waals surface area contributed by atoms with E-state index in [2.05, 4.69) is 10.4 Å². The van der Waals surface area contributed by atoms with Crippen LogP contribution in [-0.4, -0.2) is 33.1 Å². The number of hydrogen-bond donors (Lipinski definition) is 2. The normalized spacial score (nSPS) is 13.3. The molecule has 0 spiro atoms. The molecule has 122 valence electrons. The van der Waals surface area contributed by atoms with Crippen molar-refractivity contribution in [1.82, 2.24) is 15.1 Å². The lowest BCUT2D eigenvalue weighted by molar-refractivity contribution is -0.122. The lowest BCUT2D eigenvalue weighted by Crippen LogP contribution is -2.38. The van der Waals surface area contributed by atoms with Gasteiger partial charge in [-0.2, -0.15) is 5.10 Å². The molecule has 0 saturated carbocycles. The molecule has 0 bridgehead atoms. The first kappa shape index (κ1) is 16.9. The molecule has 0 fully saturated rings. The highest BCUT2D eigenvalue weighted by molar-refractivity contribution is 5.97. The Morgan fingerprint density at radius 2 is 1.96 bits per heavy atom. The second-order valence-corrected chi connectivity index (χ2v) is 5.74. The summed E-state index contributed by atoms with van der Waals surface area (Å²) in [5.41, 5.74) is 0.0243. The van der Waals surface area contributed by atoms with Crippen molar-refractivity contribution in [2.24, 2.45) is 7.05 Å². The summed E-state index contributed by atoms with van der Waals surface area (Å²) in [5, 5.41) is 17.0. The number of aryl methyl sites for hydroxylation is 1. The number of benzene rings is 1. The van der Waals surface area contributed by atoms with E-state index in [9.17, 15) is 14.7 Å². The summed E-state index contributed by atoms with van der Waals surface area (Å²) in [6, 6.07) is 8.88. The largest absolute Gasteiger partial charge is 0.383 e. The fraction of sp³-hybridized carbons (Fsp3) is 0.353. The number of carbonyl (C=O) groups excluding carboxylic acids is 2. The van der Waals surface area contributed by atoms with E-state index < -0.39 is 5.60 Å². The fourth-order valence-corrected chi connectivity index (χ4v) is 2.16. The molecule has 0 aliphatic heterocycles. The first-order chi connectivity index (χ1) is 10.9. The Labute approximate surface area is 135 Å². The second kappa shape index (κ2) is 7.19. The monoisotopic (exact) mass is 315 g/mol. The van der Waals surface area contributed by atoms with Gasteiger partial charge in [-0.3, -0.25) is 14.3 Å². The van der Waals surface area contributed by atoms with Crippen molar-refractivity contribution in [3.63, 3.8) is 0 Å². The van der Waals surface area contributed by atoms with Crippen LogP contribution in [0.1, 0.15) is 35.7 Å². The summed E-state index contributed by atoms with van der Waals surface area (Å²) in [4.78, 5) is 23.8. The van der Waals surface area contributed by atoms with Gasteiger partial charge in [0.05, 0.1) is 12.7 Å². The summed E-state index contributed by atoms with van der Waals surface area (Å²) in [6.07, 6.45) is 3.50. The maximum absolute atomic E-state index is 11.9. The van der Waals surface area contributed by atoms with Crippen LogP contribution in [0.3, 0.4) is 0 Å². The van der Waals surface area contributed by atoms with Gasteiger partial charge in [-0.05, 0) is 6.92 Å². The van der Waals surface area contributed by atoms with Gasteiger partial charge in [0, 0.05) is 37.2 Å². The molecule has 0 radical (unpaired) electrons. The predicted octanol–water partition coefficient (Wildman–Crippen LogP) is 1.41. The van der Waals surface area contributed by atoms with Crippen LogP contribution in [0.25, 0.3) is 0 Å². The molecule has 2 aromatic rings. The van der Waals surface area contributed by atoms with Gasteiger partial charge in [0.2, 0.25) is 5.91 Å². The minimum atomic E-state index is -1.20. The van der Waals surface area contributed by atoms with Crippen molar-refractivity contribution < 1.29 is 14.7 Å². The van der Waals surface area contributed by atoms with Crippen molar-refractivity contribution >= 4 is 11.7 Å². The Kier molecular flexibility index (Phi) is 5.28. The van der Waals surface area contributed by atoms with Gasteiger partial charge in [0.1, 0.15) is 5.60 Å². The minimum absolute atomic E-state index is 0.0665. The highest BCUT2D eigenvalue weighted by Gasteiger charge is 2.25. The lowest BCUT2D eigenvalue weighted by Gasteiger charge is -2.22. The van der Waals surface area contributed by atoms with E-state index in [0.717, 1.165) is 0 Å². The molecular weight excluding hydrogens is 294 g/mol. The Morgan fingerprint density at radius 3 is 2.57 bits per heavy atom. The maximum atomic E-state index is 11.9. The number of nitrogens with one attached hydrogen (secondary N) is 1. The van der Waals surface area contributed by atoms with Crippen LogP contribution in [0.5, 0.6) is 0 Å². The van der Waals surface area contributed by atoms with Crippen LogP contribution in [0.2, 0.25) is 0 Å². The summed E-state index contributed by atoms with van der Waals surface area (Å²) in [5.74, 6) is -0.335. The summed E-state index contributed by atoms with van der Waals surface area (Å²) in [7, 11) is 1.76. The molecule has 6 nitrogen and oxygen atoms in total. The van der Waals surface area contributed by atoms with E-state index in [1.165, 1.54) is 0 Å². The molecule has 1 aromatic heterocycles. The van der Waals surface area contributed by atoms with Crippen LogP contribution >= 0.6 is 0 Å². The van der Waals surface area contributed by atoms with E-state index in [0.29, 0.717) is 11.1 Å². The number of rotatable bonds is 7. The quantitative estimate of drug-likeness (QED) is 0.757. The number of Topliss-reactive ketones (excluding diaryl/α,β-unsaturated/α-hetero) is 1. The average molecular weight is 315 g/mol. The highest BCUT2D eigenvalue weighted by atomic mass is 16.3. The summed E-state index contributed by atoms with van der Waals surface area (Å²) >= 11 is 0. The molecule has 2 rings (SSSR count). The Morgan fingerprint density at radius 1 is 1.26 bits per heavy atom. The van der Waals surface area contributed by atoms with Crippen LogP contribution in [0.4, 0.5) is 0 Å². The smallest absolute Gasteiger partial charge is 0.220 e. The second-order valence-electron chi connectivity index (χ2n) is 5.74. The molecule has 1 unspecified atom stereocenters. The first-order valence-electron chi connectivity index (χ1n) is 7.45. The predicted molar refractivity (Wildman–Crippen MR) is 85.8 cm³/mol. The lowest BCUT2D eigenvalue weighted by atomic mass is 9.99. The molecule has 1 amide bonds. The molecular formula is C17H21N3O3. The van der Waals surface area contributed by atoms with Crippen LogP contribution < -0.4 is 5.32 Å². The van der Waals surface area contributed by atoms with Gasteiger partial charge in [-0.25, -0.2) is 0 Å². The molecule has 6 heteroatoms. The number of ketones is 1. The van der Waals surface area contributed by atoms with Gasteiger partial charge in [0.15, 0.2) is 5.78 Å². The third-order valence-electron chi connectivity index (χ3n) is 3.63. The molecule has 1 heterocycles. The van der Waals surface area contributed by atoms with Crippen LogP contribution in [0, 0.1) is 0 Å². The SMILES string of the molecule is Cn1cc(C(C)(O)CNC(=O)CCC(=O)c2ccccc2)cn1. The minimum Gasteiger partial charge on any atom is -0.383 e. The number of nitrogens with zero attached hydrogens (tertiary/aromatic N) is 2. The van der Waals surface area contributed by atoms with Gasteiger partial charge >= 0.3 is 0 Å². The molecule has 0 aliphatic carbocycles. The van der Waals surface area contributed by atoms with Crippen molar-refractivity contribution in [3.8, 4) is 0 Å². The molecule has 2 N–H and O–H groups in total. The highest BCUT2D eigenvalue weighted by Crippen LogP contribution is 2.18. The summed E-state index contributed by atoms with van der Waals surface area (Å²) in [6.45, 7) is 1.68. The van der Waals surface area contributed by atoms with Crippen molar-refractivity contribution in [3.05, 3.63) is 53.9 Å². The number of aliphatic hydroxyl groups is 1.